The zero-order valence-corrected chi connectivity index (χ0v) is 21.0. The number of carbonyl (C=O) groups is 2. The van der Waals surface area contributed by atoms with E-state index in [1.54, 1.807) is 14.2 Å². The molecule has 1 fully saturated rings. The lowest BCUT2D eigenvalue weighted by atomic mass is 9.77. The highest BCUT2D eigenvalue weighted by Crippen LogP contribution is 2.58. The lowest BCUT2D eigenvalue weighted by Crippen LogP contribution is -2.45. The molecule has 2 heterocycles. The van der Waals surface area contributed by atoms with E-state index in [4.69, 9.17) is 18.9 Å². The zero-order chi connectivity index (χ0) is 25.0. The fourth-order valence-electron chi connectivity index (χ4n) is 5.05. The predicted octanol–water partition coefficient (Wildman–Crippen LogP) is 4.79. The van der Waals surface area contributed by atoms with E-state index in [0.29, 0.717) is 6.54 Å². The normalized spacial score (nSPS) is 19.2. The Balaban J connectivity index is 1.92. The van der Waals surface area contributed by atoms with Crippen molar-refractivity contribution in [3.63, 3.8) is 0 Å². The van der Waals surface area contributed by atoms with E-state index in [2.05, 4.69) is 4.90 Å². The fraction of sp³-hybridized carbons (Fsp3) is 0.333. The van der Waals surface area contributed by atoms with Gasteiger partial charge < -0.3 is 18.9 Å². The Hall–Kier alpha value is -3.36. The van der Waals surface area contributed by atoms with Crippen molar-refractivity contribution in [2.75, 3.05) is 28.4 Å². The number of benzene rings is 2. The minimum atomic E-state index is -1.54. The first kappa shape index (κ1) is 24.8. The van der Waals surface area contributed by atoms with Crippen molar-refractivity contribution >= 4 is 23.3 Å². The number of hydrogen-bond donors (Lipinski definition) is 0. The molecular formula is C27H29NO6S. The summed E-state index contributed by atoms with van der Waals surface area (Å²) in [6.45, 7) is 0.443. The molecule has 2 atom stereocenters. The fourth-order valence-corrected chi connectivity index (χ4v) is 5.99. The van der Waals surface area contributed by atoms with Gasteiger partial charge in [0.1, 0.15) is 11.5 Å². The number of methoxy groups -OCH3 is 4. The molecule has 35 heavy (non-hydrogen) atoms. The maximum atomic E-state index is 13.5. The van der Waals surface area contributed by atoms with Crippen molar-refractivity contribution in [3.8, 4) is 11.5 Å². The summed E-state index contributed by atoms with van der Waals surface area (Å²) >= 11 is 1.50. The molecule has 7 nitrogen and oxygen atoms in total. The van der Waals surface area contributed by atoms with Crippen LogP contribution >= 0.6 is 11.3 Å². The molecule has 4 rings (SSSR count). The van der Waals surface area contributed by atoms with E-state index in [9.17, 15) is 9.59 Å². The number of rotatable bonds is 8. The summed E-state index contributed by atoms with van der Waals surface area (Å²) in [4.78, 5) is 30.0. The first-order valence-corrected chi connectivity index (χ1v) is 12.1. The van der Waals surface area contributed by atoms with Crippen LogP contribution in [0.5, 0.6) is 11.5 Å². The van der Waals surface area contributed by atoms with Gasteiger partial charge in [0.2, 0.25) is 0 Å². The third-order valence-corrected chi connectivity index (χ3v) is 7.60. The van der Waals surface area contributed by atoms with E-state index in [1.165, 1.54) is 25.6 Å². The lowest BCUT2D eigenvalue weighted by molar-refractivity contribution is -0.171. The third-order valence-electron chi connectivity index (χ3n) is 6.67. The van der Waals surface area contributed by atoms with Gasteiger partial charge in [0.15, 0.2) is 5.41 Å². The van der Waals surface area contributed by atoms with Crippen LogP contribution in [0.2, 0.25) is 0 Å². The van der Waals surface area contributed by atoms with Gasteiger partial charge in [-0.05, 0) is 41.6 Å². The van der Waals surface area contributed by atoms with Gasteiger partial charge in [-0.25, -0.2) is 0 Å². The number of carbonyl (C=O) groups excluding carboxylic acids is 2. The Bertz CT molecular complexity index is 1140. The molecule has 1 saturated heterocycles. The van der Waals surface area contributed by atoms with Crippen LogP contribution in [0.1, 0.15) is 34.5 Å². The molecule has 3 aromatic rings. The van der Waals surface area contributed by atoms with Crippen LogP contribution in [0.3, 0.4) is 0 Å². The molecule has 0 spiro atoms. The van der Waals surface area contributed by atoms with Crippen LogP contribution in [-0.2, 0) is 25.6 Å². The molecule has 0 N–H and O–H groups in total. The summed E-state index contributed by atoms with van der Waals surface area (Å²) in [6.07, 6.45) is 0.205. The SMILES string of the molecule is COC(=O)C1(C(=O)OC)C[C@H](c2ccc(OC)cc2)N(Cc2ccccc2OC)[C@@H]1c1cccs1. The summed E-state index contributed by atoms with van der Waals surface area (Å²) in [5.74, 6) is 0.247. The lowest BCUT2D eigenvalue weighted by Gasteiger charge is -2.34. The highest BCUT2D eigenvalue weighted by molar-refractivity contribution is 7.10. The second-order valence-electron chi connectivity index (χ2n) is 8.35. The molecular weight excluding hydrogens is 466 g/mol. The topological polar surface area (TPSA) is 74.3 Å². The molecule has 184 valence electrons. The Kier molecular flexibility index (Phi) is 7.42. The molecule has 2 aromatic carbocycles. The molecule has 1 aliphatic heterocycles. The standard InChI is InChI=1S/C27H29NO6S/c1-31-20-13-11-18(12-14-20)21-16-27(25(29)33-3,26(30)34-4)24(23-10-7-15-35-23)28(21)17-19-8-5-6-9-22(19)32-2/h5-15,21,24H,16-17H2,1-4H3/t21-,24-/m1/s1. The monoisotopic (exact) mass is 495 g/mol. The summed E-state index contributed by atoms with van der Waals surface area (Å²) in [5.41, 5.74) is 0.360. The maximum Gasteiger partial charge on any atom is 0.325 e. The van der Waals surface area contributed by atoms with E-state index in [-0.39, 0.29) is 12.5 Å². The molecule has 8 heteroatoms. The van der Waals surface area contributed by atoms with Crippen molar-refractivity contribution < 1.29 is 28.5 Å². The summed E-state index contributed by atoms with van der Waals surface area (Å²) < 4.78 is 21.5. The second kappa shape index (κ2) is 10.5. The minimum absolute atomic E-state index is 0.205. The van der Waals surface area contributed by atoms with Crippen LogP contribution in [0, 0.1) is 5.41 Å². The Morgan fingerprint density at radius 3 is 2.17 bits per heavy atom. The number of esters is 2. The number of thiophene rings is 1. The van der Waals surface area contributed by atoms with Crippen molar-refractivity contribution in [3.05, 3.63) is 82.0 Å². The highest BCUT2D eigenvalue weighted by atomic mass is 32.1. The smallest absolute Gasteiger partial charge is 0.325 e. The van der Waals surface area contributed by atoms with E-state index in [1.807, 2.05) is 66.0 Å². The van der Waals surface area contributed by atoms with Crippen LogP contribution < -0.4 is 9.47 Å². The summed E-state index contributed by atoms with van der Waals surface area (Å²) in [6, 6.07) is 18.4. The van der Waals surface area contributed by atoms with Crippen LogP contribution in [0.4, 0.5) is 0 Å². The number of hydrogen-bond acceptors (Lipinski definition) is 8. The predicted molar refractivity (Wildman–Crippen MR) is 132 cm³/mol. The molecule has 0 amide bonds. The largest absolute Gasteiger partial charge is 0.497 e. The van der Waals surface area contributed by atoms with Gasteiger partial charge in [-0.1, -0.05) is 36.4 Å². The summed E-state index contributed by atoms with van der Waals surface area (Å²) in [7, 11) is 5.87. The van der Waals surface area contributed by atoms with E-state index in [0.717, 1.165) is 27.5 Å². The first-order valence-electron chi connectivity index (χ1n) is 11.2. The van der Waals surface area contributed by atoms with Gasteiger partial charge >= 0.3 is 11.9 Å². The number of ether oxygens (including phenoxy) is 4. The van der Waals surface area contributed by atoms with E-state index >= 15 is 0 Å². The van der Waals surface area contributed by atoms with Gasteiger partial charge in [0.25, 0.3) is 0 Å². The molecule has 0 aliphatic carbocycles. The molecule has 0 unspecified atom stereocenters. The average molecular weight is 496 g/mol. The van der Waals surface area contributed by atoms with Gasteiger partial charge in [-0.3, -0.25) is 14.5 Å². The molecule has 1 aromatic heterocycles. The van der Waals surface area contributed by atoms with Gasteiger partial charge in [-0.2, -0.15) is 0 Å². The molecule has 0 bridgehead atoms. The molecule has 0 radical (unpaired) electrons. The van der Waals surface area contributed by atoms with Crippen molar-refractivity contribution in [2.45, 2.75) is 25.0 Å². The van der Waals surface area contributed by atoms with Crippen LogP contribution in [0.25, 0.3) is 0 Å². The first-order chi connectivity index (χ1) is 17.0. The van der Waals surface area contributed by atoms with Crippen LogP contribution in [-0.4, -0.2) is 45.3 Å². The zero-order valence-electron chi connectivity index (χ0n) is 20.2. The average Bonchev–Trinajstić information content (AvgIpc) is 3.55. The Morgan fingerprint density at radius 1 is 0.914 bits per heavy atom. The second-order valence-corrected chi connectivity index (χ2v) is 9.33. The van der Waals surface area contributed by atoms with E-state index < -0.39 is 23.4 Å². The number of nitrogens with zero attached hydrogens (tertiary/aromatic N) is 1. The molecule has 0 saturated carbocycles. The third kappa shape index (κ3) is 4.39. The van der Waals surface area contributed by atoms with Gasteiger partial charge in [-0.15, -0.1) is 11.3 Å². The van der Waals surface area contributed by atoms with Gasteiger partial charge in [0.05, 0.1) is 34.5 Å². The Morgan fingerprint density at radius 2 is 1.60 bits per heavy atom. The highest BCUT2D eigenvalue weighted by Gasteiger charge is 2.64. The van der Waals surface area contributed by atoms with Crippen molar-refractivity contribution in [1.29, 1.82) is 0 Å². The Labute approximate surface area is 209 Å². The summed E-state index contributed by atoms with van der Waals surface area (Å²) in [5, 5.41) is 1.94. The van der Waals surface area contributed by atoms with Crippen LogP contribution in [0.15, 0.2) is 66.0 Å². The van der Waals surface area contributed by atoms with Gasteiger partial charge in [0, 0.05) is 23.0 Å². The van der Waals surface area contributed by atoms with Crippen molar-refractivity contribution in [2.24, 2.45) is 5.41 Å². The molecule has 1 aliphatic rings. The maximum absolute atomic E-state index is 13.5. The minimum Gasteiger partial charge on any atom is -0.497 e. The quantitative estimate of drug-likeness (QED) is 0.329. The van der Waals surface area contributed by atoms with Crippen molar-refractivity contribution in [1.82, 2.24) is 4.90 Å². The number of para-hydroxylation sites is 1. The number of likely N-dealkylation sites (tertiary alicyclic amines) is 1.